The van der Waals surface area contributed by atoms with E-state index in [9.17, 15) is 4.57 Å². The van der Waals surface area contributed by atoms with Crippen molar-refractivity contribution >= 4 is 7.82 Å². The second kappa shape index (κ2) is 4.96. The van der Waals surface area contributed by atoms with Crippen molar-refractivity contribution in [3.05, 3.63) is 0 Å². The molecule has 0 aromatic rings. The molecule has 1 atom stereocenters. The molecule has 0 amide bonds. The highest BCUT2D eigenvalue weighted by atomic mass is 31.2. The van der Waals surface area contributed by atoms with Crippen LogP contribution in [0.5, 0.6) is 0 Å². The number of hydrogen-bond acceptors (Lipinski definition) is 2. The van der Waals surface area contributed by atoms with E-state index in [4.69, 9.17) is 14.3 Å². The molecule has 2 N–H and O–H groups in total. The van der Waals surface area contributed by atoms with Crippen LogP contribution in [-0.2, 0) is 9.09 Å². The van der Waals surface area contributed by atoms with Crippen LogP contribution in [-0.4, -0.2) is 15.9 Å². The van der Waals surface area contributed by atoms with Gasteiger partial charge in [0.2, 0.25) is 0 Å². The van der Waals surface area contributed by atoms with Gasteiger partial charge in [0.15, 0.2) is 0 Å². The van der Waals surface area contributed by atoms with Crippen molar-refractivity contribution in [2.75, 3.05) is 0 Å². The van der Waals surface area contributed by atoms with Gasteiger partial charge in [-0.2, -0.15) is 0 Å². The summed E-state index contributed by atoms with van der Waals surface area (Å²) in [7, 11) is -4.40. The molecule has 0 radical (unpaired) electrons. The molecular formula is C10H23O4P. The fraction of sp³-hybridized carbons (Fsp3) is 1.00. The van der Waals surface area contributed by atoms with E-state index < -0.39 is 13.9 Å². The average molecular weight is 238 g/mol. The van der Waals surface area contributed by atoms with Gasteiger partial charge in [0, 0.05) is 0 Å². The summed E-state index contributed by atoms with van der Waals surface area (Å²) in [6, 6.07) is 0. The maximum atomic E-state index is 10.8. The van der Waals surface area contributed by atoms with Crippen molar-refractivity contribution in [3.63, 3.8) is 0 Å². The first kappa shape index (κ1) is 15.1. The molecule has 0 saturated heterocycles. The maximum Gasteiger partial charge on any atom is 0.469 e. The highest BCUT2D eigenvalue weighted by molar-refractivity contribution is 7.46. The van der Waals surface area contributed by atoms with Gasteiger partial charge in [0.05, 0.1) is 6.10 Å². The highest BCUT2D eigenvalue weighted by Gasteiger charge is 2.40. The SMILES string of the molecule is CC(C)C(C)(C(C)C)C(C)OP(=O)(O)O. The molecule has 0 aliphatic heterocycles. The molecule has 92 valence electrons. The van der Waals surface area contributed by atoms with Crippen molar-refractivity contribution in [3.8, 4) is 0 Å². The molecule has 15 heavy (non-hydrogen) atoms. The van der Waals surface area contributed by atoms with Crippen LogP contribution in [0.15, 0.2) is 0 Å². The lowest BCUT2D eigenvalue weighted by molar-refractivity contribution is -0.0185. The van der Waals surface area contributed by atoms with Gasteiger partial charge in [0.1, 0.15) is 0 Å². The van der Waals surface area contributed by atoms with Crippen molar-refractivity contribution in [2.24, 2.45) is 17.3 Å². The Labute approximate surface area is 92.3 Å². The first-order valence-electron chi connectivity index (χ1n) is 5.25. The van der Waals surface area contributed by atoms with Crippen molar-refractivity contribution in [1.82, 2.24) is 0 Å². The van der Waals surface area contributed by atoms with Gasteiger partial charge in [-0.1, -0.05) is 34.6 Å². The zero-order valence-electron chi connectivity index (χ0n) is 10.4. The van der Waals surface area contributed by atoms with Crippen LogP contribution in [0.2, 0.25) is 0 Å². The van der Waals surface area contributed by atoms with Gasteiger partial charge in [-0.05, 0) is 24.2 Å². The molecule has 0 aliphatic rings. The molecule has 0 spiro atoms. The molecule has 0 aromatic carbocycles. The number of hydrogen-bond donors (Lipinski definition) is 2. The monoisotopic (exact) mass is 238 g/mol. The van der Waals surface area contributed by atoms with Crippen LogP contribution in [0, 0.1) is 17.3 Å². The normalized spacial score (nSPS) is 16.1. The number of phosphoric ester groups is 1. The minimum atomic E-state index is -4.40. The second-order valence-electron chi connectivity index (χ2n) is 4.91. The van der Waals surface area contributed by atoms with Crippen molar-refractivity contribution in [1.29, 1.82) is 0 Å². The van der Waals surface area contributed by atoms with Gasteiger partial charge < -0.3 is 9.79 Å². The molecule has 5 heteroatoms. The molecule has 1 unspecified atom stereocenters. The third-order valence-electron chi connectivity index (χ3n) is 3.66. The Hall–Kier alpha value is 0.110. The predicted molar refractivity (Wildman–Crippen MR) is 60.4 cm³/mol. The average Bonchev–Trinajstić information content (AvgIpc) is 1.98. The zero-order valence-corrected chi connectivity index (χ0v) is 11.3. The summed E-state index contributed by atoms with van der Waals surface area (Å²) >= 11 is 0. The predicted octanol–water partition coefficient (Wildman–Crippen LogP) is 2.80. The summed E-state index contributed by atoms with van der Waals surface area (Å²) in [6.07, 6.45) is -0.474. The Morgan fingerprint density at radius 3 is 1.60 bits per heavy atom. The third-order valence-corrected chi connectivity index (χ3v) is 4.25. The lowest BCUT2D eigenvalue weighted by atomic mass is 9.67. The first-order chi connectivity index (χ1) is 6.51. The summed E-state index contributed by atoms with van der Waals surface area (Å²) < 4.78 is 15.6. The van der Waals surface area contributed by atoms with E-state index >= 15 is 0 Å². The molecule has 0 saturated carbocycles. The fourth-order valence-corrected chi connectivity index (χ4v) is 2.56. The van der Waals surface area contributed by atoms with E-state index in [2.05, 4.69) is 0 Å². The highest BCUT2D eigenvalue weighted by Crippen LogP contribution is 2.47. The molecule has 0 rings (SSSR count). The van der Waals surface area contributed by atoms with Crippen molar-refractivity contribution in [2.45, 2.75) is 47.6 Å². The fourth-order valence-electron chi connectivity index (χ4n) is 1.93. The van der Waals surface area contributed by atoms with E-state index in [1.165, 1.54) is 0 Å². The second-order valence-corrected chi connectivity index (χ2v) is 6.11. The number of phosphoric acid groups is 1. The Bertz CT molecular complexity index is 236. The summed E-state index contributed by atoms with van der Waals surface area (Å²) in [6.45, 7) is 11.9. The van der Waals surface area contributed by atoms with E-state index in [1.54, 1.807) is 6.92 Å². The van der Waals surface area contributed by atoms with Crippen molar-refractivity contribution < 1.29 is 18.9 Å². The van der Waals surface area contributed by atoms with Crippen LogP contribution in [0.3, 0.4) is 0 Å². The van der Waals surface area contributed by atoms with E-state index in [0.717, 1.165) is 0 Å². The lowest BCUT2D eigenvalue weighted by Crippen LogP contribution is -2.41. The van der Waals surface area contributed by atoms with Crippen LogP contribution < -0.4 is 0 Å². The van der Waals surface area contributed by atoms with Gasteiger partial charge in [-0.25, -0.2) is 4.57 Å². The summed E-state index contributed by atoms with van der Waals surface area (Å²) in [5.74, 6) is 0.582. The van der Waals surface area contributed by atoms with Crippen LogP contribution in [0.1, 0.15) is 41.5 Å². The summed E-state index contributed by atoms with van der Waals surface area (Å²) in [5.41, 5.74) is -0.249. The van der Waals surface area contributed by atoms with Gasteiger partial charge in [-0.3, -0.25) is 4.52 Å². The number of rotatable bonds is 5. The van der Waals surface area contributed by atoms with Gasteiger partial charge >= 0.3 is 7.82 Å². The maximum absolute atomic E-state index is 10.8. The van der Waals surface area contributed by atoms with Gasteiger partial charge in [-0.15, -0.1) is 0 Å². The molecule has 0 heterocycles. The van der Waals surface area contributed by atoms with E-state index in [1.807, 2.05) is 34.6 Å². The first-order valence-corrected chi connectivity index (χ1v) is 6.78. The smallest absolute Gasteiger partial charge is 0.303 e. The minimum Gasteiger partial charge on any atom is -0.303 e. The third kappa shape index (κ3) is 3.87. The molecule has 4 nitrogen and oxygen atoms in total. The molecule has 0 bridgehead atoms. The van der Waals surface area contributed by atoms with E-state index in [0.29, 0.717) is 11.8 Å². The molecule has 0 aliphatic carbocycles. The van der Waals surface area contributed by atoms with Crippen LogP contribution in [0.25, 0.3) is 0 Å². The molecular weight excluding hydrogens is 215 g/mol. The largest absolute Gasteiger partial charge is 0.469 e. The quantitative estimate of drug-likeness (QED) is 0.723. The summed E-state index contributed by atoms with van der Waals surface area (Å²) in [5, 5.41) is 0. The Morgan fingerprint density at radius 2 is 1.40 bits per heavy atom. The summed E-state index contributed by atoms with van der Waals surface area (Å²) in [4.78, 5) is 17.6. The Balaban J connectivity index is 4.88. The van der Waals surface area contributed by atoms with Crippen LogP contribution >= 0.6 is 7.82 Å². The Kier molecular flexibility index (Phi) is 5.00. The molecule has 0 fully saturated rings. The standard InChI is InChI=1S/C10H23O4P/c1-7(2)10(6,8(3)4)9(5)14-15(11,12)13/h7-9H,1-6H3,(H2,11,12,13). The lowest BCUT2D eigenvalue weighted by Gasteiger charge is -2.42. The van der Waals surface area contributed by atoms with Gasteiger partial charge in [0.25, 0.3) is 0 Å². The minimum absolute atomic E-state index is 0.249. The van der Waals surface area contributed by atoms with Crippen LogP contribution in [0.4, 0.5) is 0 Å². The zero-order chi connectivity index (χ0) is 12.4. The molecule has 0 aromatic heterocycles. The topological polar surface area (TPSA) is 66.8 Å². The Morgan fingerprint density at radius 1 is 1.07 bits per heavy atom. The van der Waals surface area contributed by atoms with E-state index in [-0.39, 0.29) is 5.41 Å².